The first-order valence-electron chi connectivity index (χ1n) is 6.00. The van der Waals surface area contributed by atoms with E-state index in [-0.39, 0.29) is 12.7 Å². The maximum atomic E-state index is 5.67. The molecule has 1 aliphatic heterocycles. The van der Waals surface area contributed by atoms with Crippen molar-refractivity contribution in [2.45, 2.75) is 0 Å². The van der Waals surface area contributed by atoms with Crippen molar-refractivity contribution in [3.8, 4) is 11.5 Å². The number of anilines is 4. The van der Waals surface area contributed by atoms with E-state index in [4.69, 9.17) is 15.2 Å². The highest BCUT2D eigenvalue weighted by Crippen LogP contribution is 2.36. The van der Waals surface area contributed by atoms with Gasteiger partial charge in [0.05, 0.1) is 0 Å². The van der Waals surface area contributed by atoms with Gasteiger partial charge in [-0.3, -0.25) is 0 Å². The maximum Gasteiger partial charge on any atom is 0.236 e. The van der Waals surface area contributed by atoms with Crippen LogP contribution in [-0.4, -0.2) is 35.8 Å². The molecule has 0 fully saturated rings. The number of aromatic nitrogens is 3. The molecule has 0 bridgehead atoms. The highest BCUT2D eigenvalue weighted by atomic mass is 16.7. The standard InChI is InChI=1S/C12H14N6O2/c1-14-11-15-10(13)16-12(17-11)18(2)7-3-4-8-9(5-7)20-6-19-8/h3-5H,6H2,1-2H3,(H3,13,14,15,16,17). The lowest BCUT2D eigenvalue weighted by Gasteiger charge is -2.18. The van der Waals surface area contributed by atoms with Crippen LogP contribution >= 0.6 is 0 Å². The highest BCUT2D eigenvalue weighted by molar-refractivity contribution is 5.63. The fourth-order valence-electron chi connectivity index (χ4n) is 1.85. The molecule has 0 saturated heterocycles. The number of nitrogen functional groups attached to an aromatic ring is 1. The predicted molar refractivity (Wildman–Crippen MR) is 74.4 cm³/mol. The Balaban J connectivity index is 1.96. The monoisotopic (exact) mass is 274 g/mol. The minimum absolute atomic E-state index is 0.159. The lowest BCUT2D eigenvalue weighted by molar-refractivity contribution is 0.174. The number of nitrogens with two attached hydrogens (primary N) is 1. The minimum Gasteiger partial charge on any atom is -0.454 e. The molecule has 104 valence electrons. The fraction of sp³-hybridized carbons (Fsp3) is 0.250. The third-order valence-electron chi connectivity index (χ3n) is 2.91. The van der Waals surface area contributed by atoms with Gasteiger partial charge in [-0.05, 0) is 12.1 Å². The van der Waals surface area contributed by atoms with Gasteiger partial charge in [0.1, 0.15) is 0 Å². The molecule has 1 aromatic heterocycles. The molecule has 0 aliphatic carbocycles. The molecule has 8 nitrogen and oxygen atoms in total. The number of nitrogens with zero attached hydrogens (tertiary/aromatic N) is 4. The minimum atomic E-state index is 0.159. The fourth-order valence-corrected chi connectivity index (χ4v) is 1.85. The number of ether oxygens (including phenoxy) is 2. The van der Waals surface area contributed by atoms with E-state index in [2.05, 4.69) is 20.3 Å². The van der Waals surface area contributed by atoms with Crippen LogP contribution in [0.1, 0.15) is 0 Å². The second-order valence-electron chi connectivity index (χ2n) is 4.16. The summed E-state index contributed by atoms with van der Waals surface area (Å²) in [5, 5.41) is 2.84. The summed E-state index contributed by atoms with van der Waals surface area (Å²) in [4.78, 5) is 14.1. The van der Waals surface area contributed by atoms with Gasteiger partial charge < -0.3 is 25.4 Å². The summed E-state index contributed by atoms with van der Waals surface area (Å²) < 4.78 is 10.6. The maximum absolute atomic E-state index is 5.67. The van der Waals surface area contributed by atoms with Crippen molar-refractivity contribution in [1.29, 1.82) is 0 Å². The zero-order valence-electron chi connectivity index (χ0n) is 11.1. The van der Waals surface area contributed by atoms with Gasteiger partial charge in [-0.25, -0.2) is 0 Å². The van der Waals surface area contributed by atoms with Crippen molar-refractivity contribution in [3.63, 3.8) is 0 Å². The average molecular weight is 274 g/mol. The Morgan fingerprint density at radius 1 is 1.20 bits per heavy atom. The van der Waals surface area contributed by atoms with E-state index in [9.17, 15) is 0 Å². The molecular formula is C12H14N6O2. The Bertz CT molecular complexity index is 648. The van der Waals surface area contributed by atoms with Crippen LogP contribution in [0.25, 0.3) is 0 Å². The van der Waals surface area contributed by atoms with Crippen molar-refractivity contribution in [2.75, 3.05) is 36.8 Å². The molecule has 0 unspecified atom stereocenters. The summed E-state index contributed by atoms with van der Waals surface area (Å²) in [5.74, 6) is 2.45. The Morgan fingerprint density at radius 2 is 2.00 bits per heavy atom. The number of nitrogens with one attached hydrogen (secondary N) is 1. The van der Waals surface area contributed by atoms with Gasteiger partial charge in [0.15, 0.2) is 11.5 Å². The first-order chi connectivity index (χ1) is 9.67. The number of benzene rings is 1. The van der Waals surface area contributed by atoms with E-state index < -0.39 is 0 Å². The second kappa shape index (κ2) is 4.72. The van der Waals surface area contributed by atoms with Crippen LogP contribution in [0.3, 0.4) is 0 Å². The van der Waals surface area contributed by atoms with Gasteiger partial charge in [0, 0.05) is 25.8 Å². The van der Waals surface area contributed by atoms with Gasteiger partial charge in [0.2, 0.25) is 24.6 Å². The van der Waals surface area contributed by atoms with Crippen LogP contribution in [0.2, 0.25) is 0 Å². The molecule has 0 spiro atoms. The van der Waals surface area contributed by atoms with Crippen molar-refractivity contribution < 1.29 is 9.47 Å². The third-order valence-corrected chi connectivity index (χ3v) is 2.91. The van der Waals surface area contributed by atoms with Gasteiger partial charge in [0.25, 0.3) is 0 Å². The van der Waals surface area contributed by atoms with Crippen LogP contribution in [0, 0.1) is 0 Å². The number of rotatable bonds is 3. The smallest absolute Gasteiger partial charge is 0.236 e. The number of hydrogen-bond acceptors (Lipinski definition) is 8. The zero-order valence-corrected chi connectivity index (χ0v) is 11.1. The molecule has 0 saturated carbocycles. The summed E-state index contributed by atoms with van der Waals surface area (Å²) in [6.07, 6.45) is 0. The van der Waals surface area contributed by atoms with E-state index in [1.54, 1.807) is 11.9 Å². The summed E-state index contributed by atoms with van der Waals surface area (Å²) >= 11 is 0. The molecule has 2 aromatic rings. The van der Waals surface area contributed by atoms with Gasteiger partial charge in [-0.15, -0.1) is 0 Å². The predicted octanol–water partition coefficient (Wildman–Crippen LogP) is 0.992. The lowest BCUT2D eigenvalue weighted by Crippen LogP contribution is -2.16. The van der Waals surface area contributed by atoms with Crippen LogP contribution < -0.4 is 25.4 Å². The Morgan fingerprint density at radius 3 is 2.80 bits per heavy atom. The topological polar surface area (TPSA) is 98.4 Å². The van der Waals surface area contributed by atoms with Gasteiger partial charge >= 0.3 is 0 Å². The van der Waals surface area contributed by atoms with Gasteiger partial charge in [-0.1, -0.05) is 0 Å². The zero-order chi connectivity index (χ0) is 14.1. The molecule has 1 aliphatic rings. The SMILES string of the molecule is CNc1nc(N)nc(N(C)c2ccc3c(c2)OCO3)n1. The van der Waals surface area contributed by atoms with Gasteiger partial charge in [-0.2, -0.15) is 15.0 Å². The van der Waals surface area contributed by atoms with Crippen molar-refractivity contribution in [1.82, 2.24) is 15.0 Å². The lowest BCUT2D eigenvalue weighted by atomic mass is 10.2. The van der Waals surface area contributed by atoms with Crippen LogP contribution in [0.5, 0.6) is 11.5 Å². The number of hydrogen-bond donors (Lipinski definition) is 2. The number of fused-ring (bicyclic) bond motifs is 1. The van der Waals surface area contributed by atoms with Crippen molar-refractivity contribution >= 4 is 23.5 Å². The van der Waals surface area contributed by atoms with Crippen LogP contribution in [-0.2, 0) is 0 Å². The largest absolute Gasteiger partial charge is 0.454 e. The summed E-state index contributed by atoms with van der Waals surface area (Å²) in [5.41, 5.74) is 6.53. The van der Waals surface area contributed by atoms with E-state index in [1.807, 2.05) is 25.2 Å². The average Bonchev–Trinajstić information content (AvgIpc) is 2.93. The molecule has 8 heteroatoms. The Labute approximate surface area is 115 Å². The summed E-state index contributed by atoms with van der Waals surface area (Å²) in [7, 11) is 3.56. The van der Waals surface area contributed by atoms with Crippen molar-refractivity contribution in [3.05, 3.63) is 18.2 Å². The molecular weight excluding hydrogens is 260 g/mol. The molecule has 2 heterocycles. The molecule has 20 heavy (non-hydrogen) atoms. The molecule has 0 radical (unpaired) electrons. The molecule has 0 amide bonds. The molecule has 3 rings (SSSR count). The van der Waals surface area contributed by atoms with Crippen LogP contribution in [0.15, 0.2) is 18.2 Å². The van der Waals surface area contributed by atoms with E-state index in [1.165, 1.54) is 0 Å². The quantitative estimate of drug-likeness (QED) is 0.855. The first kappa shape index (κ1) is 12.3. The van der Waals surface area contributed by atoms with E-state index >= 15 is 0 Å². The molecule has 0 atom stereocenters. The van der Waals surface area contributed by atoms with E-state index in [0.717, 1.165) is 11.4 Å². The van der Waals surface area contributed by atoms with Crippen LogP contribution in [0.4, 0.5) is 23.5 Å². The van der Waals surface area contributed by atoms with E-state index in [0.29, 0.717) is 17.6 Å². The third kappa shape index (κ3) is 2.11. The summed E-state index contributed by atoms with van der Waals surface area (Å²) in [6, 6.07) is 5.60. The second-order valence-corrected chi connectivity index (χ2v) is 4.16. The van der Waals surface area contributed by atoms with Crippen molar-refractivity contribution in [2.24, 2.45) is 0 Å². The summed E-state index contributed by atoms with van der Waals surface area (Å²) in [6.45, 7) is 0.241. The Hall–Kier alpha value is -2.77. The highest BCUT2D eigenvalue weighted by Gasteiger charge is 2.17. The first-order valence-corrected chi connectivity index (χ1v) is 6.00. The molecule has 1 aromatic carbocycles. The molecule has 3 N–H and O–H groups in total. The Kier molecular flexibility index (Phi) is 2.90. The normalized spacial score (nSPS) is 12.3.